The molecule has 4 rings (SSSR count). The molecule has 2 N–H and O–H groups in total. The zero-order valence-electron chi connectivity index (χ0n) is 11.4. The average Bonchev–Trinajstić information content (AvgIpc) is 2.81. The number of hydrogen-bond acceptors (Lipinski definition) is 2. The molecule has 108 valence electrons. The van der Waals surface area contributed by atoms with Crippen LogP contribution in [0.1, 0.15) is 27.5 Å². The summed E-state index contributed by atoms with van der Waals surface area (Å²) in [4.78, 5) is 24.6. The monoisotopic (exact) mass is 294 g/mol. The van der Waals surface area contributed by atoms with Crippen LogP contribution in [-0.4, -0.2) is 11.8 Å². The number of rotatable bonds is 1. The Balaban J connectivity index is 1.88. The van der Waals surface area contributed by atoms with Crippen molar-refractivity contribution in [2.75, 3.05) is 0 Å². The second kappa shape index (κ2) is 4.53. The molecule has 2 aromatic carbocycles. The second-order valence-electron chi connectivity index (χ2n) is 5.25. The first-order valence-corrected chi connectivity index (χ1v) is 6.86. The number of nitrogens with one attached hydrogen (secondary N) is 2. The molecule has 0 fully saturated rings. The van der Waals surface area contributed by atoms with Crippen LogP contribution in [0.2, 0.25) is 0 Å². The maximum absolute atomic E-state index is 13.1. The number of fused-ring (bicyclic) bond motifs is 2. The lowest BCUT2D eigenvalue weighted by Gasteiger charge is -2.26. The first-order valence-electron chi connectivity index (χ1n) is 6.86. The zero-order chi connectivity index (χ0) is 15.3. The Morgan fingerprint density at radius 1 is 0.909 bits per heavy atom. The van der Waals surface area contributed by atoms with Gasteiger partial charge in [0.15, 0.2) is 5.78 Å². The van der Waals surface area contributed by atoms with Crippen LogP contribution in [-0.2, 0) is 0 Å². The van der Waals surface area contributed by atoms with Gasteiger partial charge in [-0.05, 0) is 17.7 Å². The predicted molar refractivity (Wildman–Crippen MR) is 78.5 cm³/mol. The van der Waals surface area contributed by atoms with Gasteiger partial charge in [0.1, 0.15) is 5.82 Å². The van der Waals surface area contributed by atoms with Crippen LogP contribution in [0.25, 0.3) is 5.70 Å². The maximum Gasteiger partial charge on any atom is 0.320 e. The van der Waals surface area contributed by atoms with E-state index in [4.69, 9.17) is 0 Å². The Hall–Kier alpha value is -2.95. The standard InChI is InChI=1S/C17H11FN2O2/c18-10-7-5-9(6-8-10)14-13-15(20-17(22)19-14)11-3-1-2-4-12(11)16(13)21/h1-8,14H,(H2,19,20,22)/t14-/m0/s1. The molecular formula is C17H11FN2O2. The Kier molecular flexibility index (Phi) is 2.63. The molecule has 2 aliphatic rings. The molecule has 4 nitrogen and oxygen atoms in total. The summed E-state index contributed by atoms with van der Waals surface area (Å²) in [6.07, 6.45) is 0. The fourth-order valence-electron chi connectivity index (χ4n) is 2.97. The number of benzene rings is 2. The fraction of sp³-hybridized carbons (Fsp3) is 0.0588. The second-order valence-corrected chi connectivity index (χ2v) is 5.25. The summed E-state index contributed by atoms with van der Waals surface area (Å²) in [5.74, 6) is -0.480. The molecular weight excluding hydrogens is 283 g/mol. The van der Waals surface area contributed by atoms with E-state index in [2.05, 4.69) is 10.6 Å². The van der Waals surface area contributed by atoms with E-state index in [-0.39, 0.29) is 17.6 Å². The van der Waals surface area contributed by atoms with Gasteiger partial charge in [-0.25, -0.2) is 9.18 Å². The molecule has 0 bridgehead atoms. The van der Waals surface area contributed by atoms with Crippen LogP contribution in [0.5, 0.6) is 0 Å². The number of halogens is 1. The van der Waals surface area contributed by atoms with Gasteiger partial charge in [0, 0.05) is 11.1 Å². The highest BCUT2D eigenvalue weighted by molar-refractivity contribution is 6.23. The van der Waals surface area contributed by atoms with Crippen molar-refractivity contribution in [3.05, 3.63) is 76.6 Å². The highest BCUT2D eigenvalue weighted by Gasteiger charge is 2.39. The fourth-order valence-corrected chi connectivity index (χ4v) is 2.97. The summed E-state index contributed by atoms with van der Waals surface area (Å²) in [5.41, 5.74) is 3.00. The van der Waals surface area contributed by atoms with Crippen LogP contribution < -0.4 is 10.6 Å². The first-order chi connectivity index (χ1) is 10.6. The van der Waals surface area contributed by atoms with Gasteiger partial charge >= 0.3 is 6.03 Å². The van der Waals surface area contributed by atoms with E-state index in [0.29, 0.717) is 22.4 Å². The number of Topliss-reactive ketones (excluding diaryl/α,β-unsaturated/α-hetero) is 1. The third kappa shape index (κ3) is 1.75. The SMILES string of the molecule is O=C1NC2=C(C(=O)c3ccccc32)[C@H](c2ccc(F)cc2)N1. The van der Waals surface area contributed by atoms with Crippen molar-refractivity contribution in [3.63, 3.8) is 0 Å². The lowest BCUT2D eigenvalue weighted by Crippen LogP contribution is -2.43. The molecule has 0 aromatic heterocycles. The summed E-state index contributed by atoms with van der Waals surface area (Å²) < 4.78 is 13.1. The summed E-state index contributed by atoms with van der Waals surface area (Å²) in [7, 11) is 0. The van der Waals surface area contributed by atoms with E-state index in [1.165, 1.54) is 12.1 Å². The Morgan fingerprint density at radius 3 is 2.32 bits per heavy atom. The van der Waals surface area contributed by atoms with Crippen LogP contribution >= 0.6 is 0 Å². The summed E-state index contributed by atoms with van der Waals surface area (Å²) in [6.45, 7) is 0. The average molecular weight is 294 g/mol. The highest BCUT2D eigenvalue weighted by Crippen LogP contribution is 2.39. The minimum Gasteiger partial charge on any atom is -0.327 e. The quantitative estimate of drug-likeness (QED) is 0.849. The molecule has 1 heterocycles. The van der Waals surface area contributed by atoms with Gasteiger partial charge in [0.2, 0.25) is 0 Å². The summed E-state index contributed by atoms with van der Waals surface area (Å²) in [5, 5.41) is 5.45. The van der Waals surface area contributed by atoms with Crippen LogP contribution in [0.4, 0.5) is 9.18 Å². The molecule has 5 heteroatoms. The van der Waals surface area contributed by atoms with Crippen molar-refractivity contribution >= 4 is 17.5 Å². The number of hydrogen-bond donors (Lipinski definition) is 2. The van der Waals surface area contributed by atoms with Crippen molar-refractivity contribution in [2.24, 2.45) is 0 Å². The van der Waals surface area contributed by atoms with E-state index >= 15 is 0 Å². The molecule has 1 aliphatic carbocycles. The number of carbonyl (C=O) groups excluding carboxylic acids is 2. The van der Waals surface area contributed by atoms with Gasteiger partial charge in [-0.2, -0.15) is 0 Å². The molecule has 2 amide bonds. The van der Waals surface area contributed by atoms with Gasteiger partial charge in [-0.1, -0.05) is 36.4 Å². The largest absolute Gasteiger partial charge is 0.327 e. The molecule has 1 atom stereocenters. The van der Waals surface area contributed by atoms with Gasteiger partial charge in [-0.15, -0.1) is 0 Å². The van der Waals surface area contributed by atoms with Crippen molar-refractivity contribution in [1.29, 1.82) is 0 Å². The number of ketones is 1. The molecule has 22 heavy (non-hydrogen) atoms. The van der Waals surface area contributed by atoms with Crippen LogP contribution in [0.3, 0.4) is 0 Å². The minimum atomic E-state index is -0.579. The number of carbonyl (C=O) groups is 2. The highest BCUT2D eigenvalue weighted by atomic mass is 19.1. The molecule has 0 saturated carbocycles. The lowest BCUT2D eigenvalue weighted by molar-refractivity contribution is 0.103. The van der Waals surface area contributed by atoms with Crippen molar-refractivity contribution in [3.8, 4) is 0 Å². The van der Waals surface area contributed by atoms with Crippen molar-refractivity contribution in [2.45, 2.75) is 6.04 Å². The van der Waals surface area contributed by atoms with Gasteiger partial charge in [0.25, 0.3) is 0 Å². The molecule has 0 unspecified atom stereocenters. The lowest BCUT2D eigenvalue weighted by atomic mass is 9.94. The minimum absolute atomic E-state index is 0.118. The molecule has 1 aliphatic heterocycles. The smallest absolute Gasteiger partial charge is 0.320 e. The summed E-state index contributed by atoms with van der Waals surface area (Å²) >= 11 is 0. The Labute approximate surface area is 125 Å². The Morgan fingerprint density at radius 2 is 1.59 bits per heavy atom. The number of amides is 2. The van der Waals surface area contributed by atoms with E-state index < -0.39 is 6.04 Å². The summed E-state index contributed by atoms with van der Waals surface area (Å²) in [6, 6.07) is 12.0. The van der Waals surface area contributed by atoms with Crippen molar-refractivity contribution in [1.82, 2.24) is 10.6 Å². The normalized spacial score (nSPS) is 19.4. The van der Waals surface area contributed by atoms with Crippen molar-refractivity contribution < 1.29 is 14.0 Å². The molecule has 0 radical (unpaired) electrons. The van der Waals surface area contributed by atoms with E-state index in [1.54, 1.807) is 24.3 Å². The zero-order valence-corrected chi connectivity index (χ0v) is 11.4. The maximum atomic E-state index is 13.1. The van der Waals surface area contributed by atoms with E-state index in [9.17, 15) is 14.0 Å². The third-order valence-electron chi connectivity index (χ3n) is 3.96. The molecule has 0 spiro atoms. The van der Waals surface area contributed by atoms with E-state index in [0.717, 1.165) is 5.56 Å². The molecule has 2 aromatic rings. The number of urea groups is 1. The van der Waals surface area contributed by atoms with Gasteiger partial charge in [0.05, 0.1) is 17.3 Å². The topological polar surface area (TPSA) is 58.2 Å². The van der Waals surface area contributed by atoms with Gasteiger partial charge in [-0.3, -0.25) is 4.79 Å². The third-order valence-corrected chi connectivity index (χ3v) is 3.96. The van der Waals surface area contributed by atoms with E-state index in [1.807, 2.05) is 12.1 Å². The van der Waals surface area contributed by atoms with Crippen LogP contribution in [0.15, 0.2) is 54.1 Å². The first kappa shape index (κ1) is 12.8. The van der Waals surface area contributed by atoms with Gasteiger partial charge < -0.3 is 10.6 Å². The van der Waals surface area contributed by atoms with Crippen LogP contribution in [0, 0.1) is 5.82 Å². The Bertz CT molecular complexity index is 840. The molecule has 0 saturated heterocycles. The predicted octanol–water partition coefficient (Wildman–Crippen LogP) is 2.79.